The molecule has 0 amide bonds. The summed E-state index contributed by atoms with van der Waals surface area (Å²) in [6.45, 7) is 0. The fourth-order valence-corrected chi connectivity index (χ4v) is 1.63. The summed E-state index contributed by atoms with van der Waals surface area (Å²) in [5.74, 6) is 0.303. The lowest BCUT2D eigenvalue weighted by Gasteiger charge is -1.89. The Hall–Kier alpha value is -0.960. The Kier molecular flexibility index (Phi) is 1.39. The molecule has 56 valence electrons. The van der Waals surface area contributed by atoms with Crippen LogP contribution in [0.3, 0.4) is 0 Å². The minimum atomic E-state index is 0.303. The smallest absolute Gasteiger partial charge is 0.142 e. The van der Waals surface area contributed by atoms with Crippen molar-refractivity contribution < 1.29 is 5.11 Å². The SMILES string of the molecule is Oc1cn(Br)c2ccccc12. The van der Waals surface area contributed by atoms with Gasteiger partial charge in [-0.15, -0.1) is 0 Å². The van der Waals surface area contributed by atoms with Gasteiger partial charge in [-0.2, -0.15) is 0 Å². The van der Waals surface area contributed by atoms with E-state index in [9.17, 15) is 5.11 Å². The second-order valence-corrected chi connectivity index (χ2v) is 3.11. The van der Waals surface area contributed by atoms with E-state index < -0.39 is 0 Å². The molecule has 0 spiro atoms. The van der Waals surface area contributed by atoms with Crippen molar-refractivity contribution in [3.63, 3.8) is 0 Å². The summed E-state index contributed by atoms with van der Waals surface area (Å²) in [4.78, 5) is 0. The van der Waals surface area contributed by atoms with Gasteiger partial charge in [0.25, 0.3) is 0 Å². The number of halogens is 1. The first-order valence-electron chi connectivity index (χ1n) is 3.24. The zero-order chi connectivity index (χ0) is 7.84. The molecule has 1 heterocycles. The first kappa shape index (κ1) is 6.73. The molecule has 2 rings (SSSR count). The van der Waals surface area contributed by atoms with Crippen molar-refractivity contribution in [3.05, 3.63) is 30.5 Å². The maximum absolute atomic E-state index is 9.34. The molecule has 0 aliphatic heterocycles. The Bertz CT molecular complexity index is 358. The van der Waals surface area contributed by atoms with E-state index in [2.05, 4.69) is 16.1 Å². The fraction of sp³-hybridized carbons (Fsp3) is 0. The lowest BCUT2D eigenvalue weighted by atomic mass is 10.2. The molecule has 1 aromatic carbocycles. The molecule has 0 saturated heterocycles. The van der Waals surface area contributed by atoms with E-state index in [4.69, 9.17) is 0 Å². The predicted molar refractivity (Wildman–Crippen MR) is 47.9 cm³/mol. The molecule has 0 saturated carbocycles. The van der Waals surface area contributed by atoms with Gasteiger partial charge in [-0.1, -0.05) is 12.1 Å². The number of aromatic nitrogens is 1. The Morgan fingerprint density at radius 2 is 2.00 bits per heavy atom. The first-order chi connectivity index (χ1) is 5.29. The third kappa shape index (κ3) is 0.922. The average Bonchev–Trinajstić information content (AvgIpc) is 2.30. The van der Waals surface area contributed by atoms with E-state index in [0.717, 1.165) is 10.9 Å². The van der Waals surface area contributed by atoms with Crippen molar-refractivity contribution in [2.45, 2.75) is 0 Å². The second kappa shape index (κ2) is 2.27. The molecule has 2 nitrogen and oxygen atoms in total. The highest BCUT2D eigenvalue weighted by atomic mass is 79.9. The minimum absolute atomic E-state index is 0.303. The fourth-order valence-electron chi connectivity index (χ4n) is 1.12. The largest absolute Gasteiger partial charge is 0.506 e. The molecular formula is C8H6BrNO. The van der Waals surface area contributed by atoms with Gasteiger partial charge < -0.3 is 5.11 Å². The first-order valence-corrected chi connectivity index (χ1v) is 3.95. The molecule has 0 unspecified atom stereocenters. The molecule has 0 aliphatic carbocycles. The molecule has 0 radical (unpaired) electrons. The van der Waals surface area contributed by atoms with Crippen LogP contribution in [0.5, 0.6) is 5.75 Å². The van der Waals surface area contributed by atoms with Gasteiger partial charge in [0.2, 0.25) is 0 Å². The van der Waals surface area contributed by atoms with Crippen molar-refractivity contribution in [2.24, 2.45) is 0 Å². The van der Waals surface area contributed by atoms with Gasteiger partial charge in [0.05, 0.1) is 27.9 Å². The van der Waals surface area contributed by atoms with Crippen LogP contribution in [0.4, 0.5) is 0 Å². The number of benzene rings is 1. The van der Waals surface area contributed by atoms with Gasteiger partial charge >= 0.3 is 0 Å². The van der Waals surface area contributed by atoms with Gasteiger partial charge in [0, 0.05) is 5.39 Å². The molecule has 0 fully saturated rings. The average molecular weight is 212 g/mol. The molecule has 2 aromatic rings. The molecular weight excluding hydrogens is 206 g/mol. The number of aromatic hydroxyl groups is 1. The molecule has 0 atom stereocenters. The van der Waals surface area contributed by atoms with E-state index in [-0.39, 0.29) is 0 Å². The highest BCUT2D eigenvalue weighted by Gasteiger charge is 2.02. The van der Waals surface area contributed by atoms with Crippen LogP contribution in [0.2, 0.25) is 0 Å². The van der Waals surface area contributed by atoms with Crippen molar-refractivity contribution >= 4 is 27.1 Å². The summed E-state index contributed by atoms with van der Waals surface area (Å²) in [6.07, 6.45) is 1.63. The topological polar surface area (TPSA) is 25.2 Å². The maximum atomic E-state index is 9.34. The third-order valence-electron chi connectivity index (χ3n) is 1.65. The van der Waals surface area contributed by atoms with Crippen molar-refractivity contribution in [3.8, 4) is 5.75 Å². The molecule has 1 aromatic heterocycles. The van der Waals surface area contributed by atoms with E-state index in [1.54, 1.807) is 9.79 Å². The monoisotopic (exact) mass is 211 g/mol. The van der Waals surface area contributed by atoms with E-state index in [1.807, 2.05) is 24.3 Å². The van der Waals surface area contributed by atoms with Crippen LogP contribution in [-0.2, 0) is 0 Å². The van der Waals surface area contributed by atoms with Crippen LogP contribution in [0.25, 0.3) is 10.9 Å². The summed E-state index contributed by atoms with van der Waals surface area (Å²) in [6, 6.07) is 7.64. The van der Waals surface area contributed by atoms with Crippen LogP contribution < -0.4 is 0 Å². The number of para-hydroxylation sites is 1. The summed E-state index contributed by atoms with van der Waals surface area (Å²) >= 11 is 3.27. The van der Waals surface area contributed by atoms with Gasteiger partial charge in [0.1, 0.15) is 5.75 Å². The zero-order valence-electron chi connectivity index (χ0n) is 5.66. The maximum Gasteiger partial charge on any atom is 0.142 e. The van der Waals surface area contributed by atoms with Crippen molar-refractivity contribution in [2.75, 3.05) is 0 Å². The van der Waals surface area contributed by atoms with Crippen LogP contribution >= 0.6 is 16.1 Å². The molecule has 0 bridgehead atoms. The summed E-state index contributed by atoms with van der Waals surface area (Å²) in [7, 11) is 0. The van der Waals surface area contributed by atoms with E-state index >= 15 is 0 Å². The molecule has 0 aliphatic rings. The molecule has 3 heteroatoms. The quantitative estimate of drug-likeness (QED) is 0.712. The summed E-state index contributed by atoms with van der Waals surface area (Å²) in [5.41, 5.74) is 0.977. The van der Waals surface area contributed by atoms with Crippen LogP contribution in [-0.4, -0.2) is 8.70 Å². The highest BCUT2D eigenvalue weighted by Crippen LogP contribution is 2.27. The normalized spacial score (nSPS) is 10.6. The third-order valence-corrected chi connectivity index (χ3v) is 2.23. The van der Waals surface area contributed by atoms with E-state index in [0.29, 0.717) is 5.75 Å². The number of fused-ring (bicyclic) bond motifs is 1. The Labute approximate surface area is 72.4 Å². The minimum Gasteiger partial charge on any atom is -0.506 e. The standard InChI is InChI=1S/C8H6BrNO/c9-10-5-8(11)6-3-1-2-4-7(6)10/h1-5,11H. The Morgan fingerprint density at radius 3 is 2.73 bits per heavy atom. The van der Waals surface area contributed by atoms with Gasteiger partial charge in [-0.05, 0) is 12.1 Å². The van der Waals surface area contributed by atoms with E-state index in [1.165, 1.54) is 0 Å². The summed E-state index contributed by atoms with van der Waals surface area (Å²) in [5, 5.41) is 10.2. The number of rotatable bonds is 0. The summed E-state index contributed by atoms with van der Waals surface area (Å²) < 4.78 is 1.72. The molecule has 11 heavy (non-hydrogen) atoms. The zero-order valence-corrected chi connectivity index (χ0v) is 7.25. The van der Waals surface area contributed by atoms with Crippen molar-refractivity contribution in [1.29, 1.82) is 0 Å². The Balaban J connectivity index is 2.95. The van der Waals surface area contributed by atoms with Gasteiger partial charge in [-0.3, -0.25) is 3.59 Å². The van der Waals surface area contributed by atoms with Crippen LogP contribution in [0, 0.1) is 0 Å². The highest BCUT2D eigenvalue weighted by molar-refractivity contribution is 9.08. The predicted octanol–water partition coefficient (Wildman–Crippen LogP) is 2.50. The van der Waals surface area contributed by atoms with Gasteiger partial charge in [-0.25, -0.2) is 0 Å². The number of hydrogen-bond acceptors (Lipinski definition) is 1. The Morgan fingerprint density at radius 1 is 1.27 bits per heavy atom. The number of nitrogens with zero attached hydrogens (tertiary/aromatic N) is 1. The van der Waals surface area contributed by atoms with Crippen LogP contribution in [0.1, 0.15) is 0 Å². The lowest BCUT2D eigenvalue weighted by molar-refractivity contribution is 0.481. The number of hydrogen-bond donors (Lipinski definition) is 1. The van der Waals surface area contributed by atoms with Gasteiger partial charge in [0.15, 0.2) is 0 Å². The van der Waals surface area contributed by atoms with Crippen LogP contribution in [0.15, 0.2) is 30.5 Å². The lowest BCUT2D eigenvalue weighted by Crippen LogP contribution is -1.71. The second-order valence-electron chi connectivity index (χ2n) is 2.34. The van der Waals surface area contributed by atoms with Crippen molar-refractivity contribution in [1.82, 2.24) is 3.59 Å². The molecule has 1 N–H and O–H groups in total.